The molecule has 3 aromatic rings. The first-order valence-corrected chi connectivity index (χ1v) is 7.94. The molecule has 5 heteroatoms. The molecule has 2 N–H and O–H groups in total. The molecule has 2 aromatic carbocycles. The molecule has 0 aliphatic heterocycles. The highest BCUT2D eigenvalue weighted by atomic mass is 79.9. The lowest BCUT2D eigenvalue weighted by molar-refractivity contribution is 0.207. The minimum Gasteiger partial charge on any atom is -0.382 e. The van der Waals surface area contributed by atoms with Gasteiger partial charge in [0.25, 0.3) is 0 Å². The summed E-state index contributed by atoms with van der Waals surface area (Å²) in [6.07, 6.45) is -0.242. The summed E-state index contributed by atoms with van der Waals surface area (Å²) in [4.78, 5) is 8.62. The number of aliphatic hydroxyl groups is 2. The molecule has 2 atom stereocenters. The van der Waals surface area contributed by atoms with E-state index >= 15 is 0 Å². The fourth-order valence-electron chi connectivity index (χ4n) is 2.30. The maximum absolute atomic E-state index is 10.4. The van der Waals surface area contributed by atoms with E-state index in [1.165, 1.54) is 6.20 Å². The van der Waals surface area contributed by atoms with Crippen LogP contribution in [0, 0.1) is 0 Å². The molecule has 3 rings (SSSR count). The Balaban J connectivity index is 1.89. The molecule has 0 amide bonds. The normalized spacial score (nSPS) is 13.5. The number of nitrogens with zero attached hydrogens (tertiary/aromatic N) is 2. The van der Waals surface area contributed by atoms with Crippen molar-refractivity contribution in [3.8, 4) is 0 Å². The second-order valence-electron chi connectivity index (χ2n) is 5.10. The Hall–Kier alpha value is -2.08. The van der Waals surface area contributed by atoms with E-state index in [9.17, 15) is 10.2 Å². The molecule has 0 radical (unpaired) electrons. The van der Waals surface area contributed by atoms with Crippen LogP contribution in [-0.2, 0) is 0 Å². The molecular formula is C18H15BrN2O2. The minimum atomic E-state index is -0.874. The predicted molar refractivity (Wildman–Crippen MR) is 90.7 cm³/mol. The summed E-state index contributed by atoms with van der Waals surface area (Å²) in [5, 5.41) is 20.8. The topological polar surface area (TPSA) is 66.2 Å². The van der Waals surface area contributed by atoms with Crippen LogP contribution in [0.15, 0.2) is 71.5 Å². The largest absolute Gasteiger partial charge is 0.382 e. The monoisotopic (exact) mass is 370 g/mol. The summed E-state index contributed by atoms with van der Waals surface area (Å²) in [7, 11) is 0. The first-order valence-electron chi connectivity index (χ1n) is 7.15. The third kappa shape index (κ3) is 3.47. The number of benzene rings is 2. The van der Waals surface area contributed by atoms with Gasteiger partial charge in [0, 0.05) is 0 Å². The van der Waals surface area contributed by atoms with Gasteiger partial charge < -0.3 is 10.2 Å². The Morgan fingerprint density at radius 3 is 1.83 bits per heavy atom. The van der Waals surface area contributed by atoms with E-state index in [4.69, 9.17) is 0 Å². The van der Waals surface area contributed by atoms with E-state index in [1.54, 1.807) is 0 Å². The van der Waals surface area contributed by atoms with E-state index in [-0.39, 0.29) is 0 Å². The van der Waals surface area contributed by atoms with Gasteiger partial charge in [0.1, 0.15) is 22.5 Å². The number of halogens is 1. The first kappa shape index (κ1) is 15.8. The fraction of sp³-hybridized carbons (Fsp3) is 0.111. The molecule has 0 spiro atoms. The molecule has 1 aromatic heterocycles. The summed E-state index contributed by atoms with van der Waals surface area (Å²) < 4.78 is 0.418. The van der Waals surface area contributed by atoms with E-state index < -0.39 is 12.2 Å². The van der Waals surface area contributed by atoms with Crippen LogP contribution in [-0.4, -0.2) is 20.2 Å². The molecular weight excluding hydrogens is 356 g/mol. The highest BCUT2D eigenvalue weighted by molar-refractivity contribution is 9.10. The van der Waals surface area contributed by atoms with Gasteiger partial charge in [-0.3, -0.25) is 4.98 Å². The van der Waals surface area contributed by atoms with Gasteiger partial charge in [-0.2, -0.15) is 0 Å². The summed E-state index contributed by atoms with van der Waals surface area (Å²) in [5.74, 6) is 0. The van der Waals surface area contributed by atoms with Gasteiger partial charge in [-0.05, 0) is 27.1 Å². The number of aromatic nitrogens is 2. The summed E-state index contributed by atoms with van der Waals surface area (Å²) in [6.45, 7) is 0. The van der Waals surface area contributed by atoms with Crippen molar-refractivity contribution in [1.82, 2.24) is 9.97 Å². The summed E-state index contributed by atoms with van der Waals surface area (Å²) in [6, 6.07) is 18.5. The number of hydrogen-bond donors (Lipinski definition) is 2. The maximum atomic E-state index is 10.4. The molecule has 0 fully saturated rings. The average molecular weight is 371 g/mol. The van der Waals surface area contributed by atoms with Crippen molar-refractivity contribution in [3.63, 3.8) is 0 Å². The van der Waals surface area contributed by atoms with Crippen molar-refractivity contribution in [2.75, 3.05) is 0 Å². The number of aliphatic hydroxyl groups excluding tert-OH is 2. The lowest BCUT2D eigenvalue weighted by Gasteiger charge is -2.15. The molecule has 0 aliphatic rings. The molecule has 116 valence electrons. The Morgan fingerprint density at radius 2 is 1.30 bits per heavy atom. The molecule has 0 bridgehead atoms. The van der Waals surface area contributed by atoms with Crippen molar-refractivity contribution >= 4 is 15.9 Å². The van der Waals surface area contributed by atoms with Crippen molar-refractivity contribution in [3.05, 3.63) is 94.0 Å². The minimum absolute atomic E-state index is 0.417. The average Bonchev–Trinajstić information content (AvgIpc) is 2.62. The Kier molecular flexibility index (Phi) is 4.81. The van der Waals surface area contributed by atoms with Crippen molar-refractivity contribution in [1.29, 1.82) is 0 Å². The smallest absolute Gasteiger partial charge is 0.131 e. The van der Waals surface area contributed by atoms with Crippen LogP contribution in [0.3, 0.4) is 0 Å². The summed E-state index contributed by atoms with van der Waals surface area (Å²) >= 11 is 3.34. The van der Waals surface area contributed by atoms with Crippen LogP contribution in [0.2, 0.25) is 0 Å². The zero-order valence-electron chi connectivity index (χ0n) is 12.2. The van der Waals surface area contributed by atoms with Gasteiger partial charge in [0.2, 0.25) is 0 Å². The maximum Gasteiger partial charge on any atom is 0.131 e. The molecule has 4 nitrogen and oxygen atoms in total. The van der Waals surface area contributed by atoms with Crippen LogP contribution in [0.1, 0.15) is 34.7 Å². The highest BCUT2D eigenvalue weighted by Gasteiger charge is 2.19. The molecule has 23 heavy (non-hydrogen) atoms. The van der Waals surface area contributed by atoms with Gasteiger partial charge in [-0.1, -0.05) is 60.7 Å². The van der Waals surface area contributed by atoms with Crippen LogP contribution in [0.4, 0.5) is 0 Å². The molecule has 0 saturated carbocycles. The van der Waals surface area contributed by atoms with E-state index in [0.717, 1.165) is 11.1 Å². The second kappa shape index (κ2) is 7.00. The standard InChI is InChI=1S/C18H15BrN2O2/c19-18-15(17(23)13-9-5-2-6-10-13)20-11-14(21-18)16(22)12-7-3-1-4-8-12/h1-11,16-17,22-23H. The Bertz CT molecular complexity index is 782. The SMILES string of the molecule is OC(c1ccccc1)c1cnc(C(O)c2ccccc2)c(Br)n1. The molecule has 1 heterocycles. The van der Waals surface area contributed by atoms with Crippen molar-refractivity contribution < 1.29 is 10.2 Å². The molecule has 2 unspecified atom stereocenters. The number of rotatable bonds is 4. The fourth-order valence-corrected chi connectivity index (χ4v) is 2.83. The first-order chi connectivity index (χ1) is 11.2. The van der Waals surface area contributed by atoms with Gasteiger partial charge in [-0.15, -0.1) is 0 Å². The van der Waals surface area contributed by atoms with E-state index in [0.29, 0.717) is 16.0 Å². The van der Waals surface area contributed by atoms with Gasteiger partial charge in [0.05, 0.1) is 11.9 Å². The van der Waals surface area contributed by atoms with Crippen LogP contribution in [0.25, 0.3) is 0 Å². The quantitative estimate of drug-likeness (QED) is 0.738. The van der Waals surface area contributed by atoms with Gasteiger partial charge in [0.15, 0.2) is 0 Å². The van der Waals surface area contributed by atoms with Gasteiger partial charge >= 0.3 is 0 Å². The van der Waals surface area contributed by atoms with Crippen molar-refractivity contribution in [2.45, 2.75) is 12.2 Å². The second-order valence-corrected chi connectivity index (χ2v) is 5.85. The van der Waals surface area contributed by atoms with Crippen LogP contribution < -0.4 is 0 Å². The molecule has 0 saturated heterocycles. The Labute approximate surface area is 142 Å². The van der Waals surface area contributed by atoms with E-state index in [2.05, 4.69) is 25.9 Å². The zero-order valence-corrected chi connectivity index (χ0v) is 13.8. The van der Waals surface area contributed by atoms with E-state index in [1.807, 2.05) is 60.7 Å². The third-order valence-electron chi connectivity index (χ3n) is 3.54. The van der Waals surface area contributed by atoms with Crippen LogP contribution in [0.5, 0.6) is 0 Å². The lowest BCUT2D eigenvalue weighted by Crippen LogP contribution is -2.09. The third-order valence-corrected chi connectivity index (χ3v) is 4.13. The highest BCUT2D eigenvalue weighted by Crippen LogP contribution is 2.28. The van der Waals surface area contributed by atoms with Gasteiger partial charge in [-0.25, -0.2) is 4.98 Å². The van der Waals surface area contributed by atoms with Crippen molar-refractivity contribution in [2.24, 2.45) is 0 Å². The summed E-state index contributed by atoms with van der Waals surface area (Å²) in [5.41, 5.74) is 2.32. The number of hydrogen-bond acceptors (Lipinski definition) is 4. The zero-order chi connectivity index (χ0) is 16.2. The Morgan fingerprint density at radius 1 is 0.783 bits per heavy atom. The predicted octanol–water partition coefficient (Wildman–Crippen LogP) is 3.40. The van der Waals surface area contributed by atoms with Crippen LogP contribution >= 0.6 is 15.9 Å². The lowest BCUT2D eigenvalue weighted by atomic mass is 10.1. The molecule has 0 aliphatic carbocycles.